The van der Waals surface area contributed by atoms with Crippen LogP contribution in [-0.2, 0) is 23.9 Å². The van der Waals surface area contributed by atoms with Gasteiger partial charge in [0, 0.05) is 35.7 Å². The first-order chi connectivity index (χ1) is 18.7. The highest BCUT2D eigenvalue weighted by molar-refractivity contribution is 5.96. The number of nitrogens with zero attached hydrogens (tertiary/aromatic N) is 2. The zero-order valence-electron chi connectivity index (χ0n) is 23.0. The normalized spacial score (nSPS) is 27.1. The number of allylic oxidation sites excluding steroid dienone is 6. The molecule has 0 aromatic rings. The summed E-state index contributed by atoms with van der Waals surface area (Å²) >= 11 is 0. The average Bonchev–Trinajstić information content (AvgIpc) is 3.02. The Bertz CT molecular complexity index is 1240. The van der Waals surface area contributed by atoms with E-state index in [4.69, 9.17) is 4.74 Å². The largest absolute Gasteiger partial charge is 0.497 e. The van der Waals surface area contributed by atoms with Crippen molar-refractivity contribution >= 4 is 23.6 Å². The number of methoxy groups -OCH3 is 1. The third kappa shape index (κ3) is 5.75. The van der Waals surface area contributed by atoms with E-state index in [9.17, 15) is 19.2 Å². The monoisotopic (exact) mass is 535 g/mol. The van der Waals surface area contributed by atoms with Crippen molar-refractivity contribution in [3.05, 3.63) is 70.8 Å². The van der Waals surface area contributed by atoms with Crippen LogP contribution in [-0.4, -0.2) is 79.3 Å². The maximum Gasteiger partial charge on any atom is 0.251 e. The molecule has 1 unspecified atom stereocenters. The highest BCUT2D eigenvalue weighted by atomic mass is 16.5. The van der Waals surface area contributed by atoms with Crippen molar-refractivity contribution in [3.63, 3.8) is 0 Å². The zero-order chi connectivity index (χ0) is 28.3. The number of carbonyl (C=O) groups excluding carboxylic acids is 4. The fourth-order valence-electron chi connectivity index (χ4n) is 5.18. The van der Waals surface area contributed by atoms with E-state index < -0.39 is 12.1 Å². The minimum atomic E-state index is -0.937. The van der Waals surface area contributed by atoms with E-state index >= 15 is 0 Å². The van der Waals surface area contributed by atoms with Crippen LogP contribution >= 0.6 is 0 Å². The number of amides is 4. The molecule has 4 amide bonds. The molecule has 4 rings (SSSR count). The van der Waals surface area contributed by atoms with Gasteiger partial charge in [-0.2, -0.15) is 0 Å². The third-order valence-electron chi connectivity index (χ3n) is 7.65. The van der Waals surface area contributed by atoms with Crippen molar-refractivity contribution in [2.45, 2.75) is 45.2 Å². The molecular formula is C29H37N5O5. The van der Waals surface area contributed by atoms with E-state index in [1.165, 1.54) is 0 Å². The van der Waals surface area contributed by atoms with Gasteiger partial charge in [0.25, 0.3) is 11.8 Å². The Balaban J connectivity index is 1.86. The Morgan fingerprint density at radius 2 is 1.95 bits per heavy atom. The van der Waals surface area contributed by atoms with Crippen LogP contribution in [0.3, 0.4) is 0 Å². The molecule has 0 radical (unpaired) electrons. The van der Waals surface area contributed by atoms with Gasteiger partial charge >= 0.3 is 0 Å². The SMILES string of the molecule is C=C1/C=C2/C=CC(OC)=C3CN4C(=O)[C@@H](NC(=O)[C@H](C)NC)CN(C(=O)CCCCNC1=O)C(=C4C)/C=C\C32. The first-order valence-electron chi connectivity index (χ1n) is 13.3. The molecule has 3 heterocycles. The second-order valence-corrected chi connectivity index (χ2v) is 10.1. The Morgan fingerprint density at radius 1 is 1.18 bits per heavy atom. The summed E-state index contributed by atoms with van der Waals surface area (Å²) in [4.78, 5) is 56.3. The van der Waals surface area contributed by atoms with Crippen molar-refractivity contribution in [1.82, 2.24) is 25.8 Å². The predicted molar refractivity (Wildman–Crippen MR) is 146 cm³/mol. The summed E-state index contributed by atoms with van der Waals surface area (Å²) in [6.45, 7) is 8.11. The van der Waals surface area contributed by atoms with Gasteiger partial charge < -0.3 is 30.5 Å². The van der Waals surface area contributed by atoms with Gasteiger partial charge in [0.2, 0.25) is 11.8 Å². The Morgan fingerprint density at radius 3 is 2.67 bits per heavy atom. The van der Waals surface area contributed by atoms with Crippen LogP contribution in [0.2, 0.25) is 0 Å². The second kappa shape index (κ2) is 11.9. The van der Waals surface area contributed by atoms with Crippen molar-refractivity contribution in [1.29, 1.82) is 0 Å². The number of hydrogen-bond donors (Lipinski definition) is 3. The summed E-state index contributed by atoms with van der Waals surface area (Å²) in [7, 11) is 3.24. The van der Waals surface area contributed by atoms with E-state index in [2.05, 4.69) is 22.5 Å². The molecule has 3 aliphatic heterocycles. The Kier molecular flexibility index (Phi) is 8.54. The van der Waals surface area contributed by atoms with Gasteiger partial charge in [0.1, 0.15) is 11.8 Å². The molecule has 0 aromatic carbocycles. The Labute approximate surface area is 229 Å². The van der Waals surface area contributed by atoms with Gasteiger partial charge in [0.15, 0.2) is 0 Å². The minimum Gasteiger partial charge on any atom is -0.497 e. The van der Waals surface area contributed by atoms with E-state index in [0.717, 1.165) is 11.1 Å². The van der Waals surface area contributed by atoms with Crippen molar-refractivity contribution in [2.75, 3.05) is 33.8 Å². The molecular weight excluding hydrogens is 498 g/mol. The van der Waals surface area contributed by atoms with Crippen molar-refractivity contribution in [3.8, 4) is 0 Å². The van der Waals surface area contributed by atoms with Gasteiger partial charge in [-0.3, -0.25) is 19.2 Å². The molecule has 3 atom stereocenters. The lowest BCUT2D eigenvalue weighted by atomic mass is 9.83. The smallest absolute Gasteiger partial charge is 0.251 e. The summed E-state index contributed by atoms with van der Waals surface area (Å²) in [5.74, 6) is -0.764. The summed E-state index contributed by atoms with van der Waals surface area (Å²) in [5, 5.41) is 8.63. The van der Waals surface area contributed by atoms with E-state index in [-0.39, 0.29) is 49.1 Å². The highest BCUT2D eigenvalue weighted by Gasteiger charge is 2.39. The van der Waals surface area contributed by atoms with Gasteiger partial charge in [-0.05, 0) is 57.5 Å². The standard InChI is InChI=1S/C29H37N5O5/c1-17-14-20-9-12-25(39-5)22-15-33-19(3)24(11-10-21(20)22)34(26(35)8-6-7-13-31-27(17)36)16-23(29(33)38)32-28(37)18(2)30-4/h9-12,14,18,21,23,30H,1,6-8,13,15-16H2,2-5H3,(H,31,36)(H,32,37)/b11-10-,20-14-/t18-,21?,23-/m0/s1. The molecule has 0 saturated carbocycles. The lowest BCUT2D eigenvalue weighted by molar-refractivity contribution is -0.136. The average molecular weight is 536 g/mol. The van der Waals surface area contributed by atoms with Crippen LogP contribution in [0.15, 0.2) is 70.8 Å². The van der Waals surface area contributed by atoms with E-state index in [1.807, 2.05) is 31.2 Å². The van der Waals surface area contributed by atoms with Crippen LogP contribution in [0, 0.1) is 5.92 Å². The first-order valence-corrected chi connectivity index (χ1v) is 13.3. The summed E-state index contributed by atoms with van der Waals surface area (Å²) < 4.78 is 5.69. The van der Waals surface area contributed by atoms with Crippen molar-refractivity contribution < 1.29 is 23.9 Å². The number of rotatable bonds is 4. The summed E-state index contributed by atoms with van der Waals surface area (Å²) in [5.41, 5.74) is 3.19. The second-order valence-electron chi connectivity index (χ2n) is 10.1. The third-order valence-corrected chi connectivity index (χ3v) is 7.65. The zero-order valence-corrected chi connectivity index (χ0v) is 23.0. The lowest BCUT2D eigenvalue weighted by Gasteiger charge is -2.33. The highest BCUT2D eigenvalue weighted by Crippen LogP contribution is 2.37. The van der Waals surface area contributed by atoms with Gasteiger partial charge in [-0.15, -0.1) is 0 Å². The molecule has 39 heavy (non-hydrogen) atoms. The van der Waals surface area contributed by atoms with Gasteiger partial charge in [-0.25, -0.2) is 0 Å². The van der Waals surface area contributed by atoms with Crippen LogP contribution in [0.4, 0.5) is 0 Å². The lowest BCUT2D eigenvalue weighted by Crippen LogP contribution is -2.55. The molecule has 3 N–H and O–H groups in total. The fourth-order valence-corrected chi connectivity index (χ4v) is 5.18. The Hall–Kier alpha value is -3.92. The summed E-state index contributed by atoms with van der Waals surface area (Å²) in [6, 6.07) is -1.45. The van der Waals surface area contributed by atoms with Gasteiger partial charge in [-0.1, -0.05) is 18.7 Å². The van der Waals surface area contributed by atoms with Gasteiger partial charge in [0.05, 0.1) is 31.9 Å². The number of nitrogens with one attached hydrogen (secondary N) is 3. The number of carbonyl (C=O) groups is 4. The summed E-state index contributed by atoms with van der Waals surface area (Å²) in [6.07, 6.45) is 10.7. The fraction of sp³-hybridized carbons (Fsp3) is 0.448. The molecule has 208 valence electrons. The molecule has 10 nitrogen and oxygen atoms in total. The number of ether oxygens (including phenoxy) is 1. The molecule has 4 aliphatic rings. The van der Waals surface area contributed by atoms with Crippen LogP contribution < -0.4 is 16.0 Å². The van der Waals surface area contributed by atoms with E-state index in [0.29, 0.717) is 42.1 Å². The number of fused-ring (bicyclic) bond motifs is 1. The molecule has 0 fully saturated rings. The minimum absolute atomic E-state index is 0.0166. The molecule has 1 aliphatic carbocycles. The van der Waals surface area contributed by atoms with Crippen LogP contribution in [0.5, 0.6) is 0 Å². The van der Waals surface area contributed by atoms with Crippen LogP contribution in [0.25, 0.3) is 0 Å². The molecule has 0 spiro atoms. The first kappa shape index (κ1) is 28.1. The van der Waals surface area contributed by atoms with E-state index in [1.54, 1.807) is 37.0 Å². The molecule has 0 saturated heterocycles. The maximum atomic E-state index is 14.0. The molecule has 0 aromatic heterocycles. The number of likely N-dealkylation sites (N-methyl/N-ethyl adjacent to an activating group) is 1. The number of hydrogen-bond acceptors (Lipinski definition) is 6. The predicted octanol–water partition coefficient (Wildman–Crippen LogP) is 1.42. The maximum absolute atomic E-state index is 14.0. The topological polar surface area (TPSA) is 120 Å². The van der Waals surface area contributed by atoms with Crippen molar-refractivity contribution in [2.24, 2.45) is 5.92 Å². The van der Waals surface area contributed by atoms with Crippen LogP contribution in [0.1, 0.15) is 33.1 Å². The molecule has 10 heteroatoms. The quantitative estimate of drug-likeness (QED) is 0.469. The molecule has 3 bridgehead atoms.